The van der Waals surface area contributed by atoms with Crippen LogP contribution in [0, 0.1) is 41.5 Å². The summed E-state index contributed by atoms with van der Waals surface area (Å²) in [6.07, 6.45) is 5.44. The molecule has 1 heteroatoms. The Labute approximate surface area is 332 Å². The van der Waals surface area contributed by atoms with Crippen LogP contribution in [0.3, 0.4) is 0 Å². The first-order chi connectivity index (χ1) is 26.3. The van der Waals surface area contributed by atoms with Crippen molar-refractivity contribution in [2.45, 2.75) is 93.5 Å². The fourth-order valence-corrected chi connectivity index (χ4v) is 16.0. The fourth-order valence-electron chi connectivity index (χ4n) is 9.57. The molecular weight excluding hydrogens is 677 g/mol. The van der Waals surface area contributed by atoms with Gasteiger partial charge in [-0.15, -0.1) is 0 Å². The molecule has 0 aliphatic heterocycles. The second-order valence-electron chi connectivity index (χ2n) is 16.7. The second-order valence-corrected chi connectivity index (χ2v) is 21.0. The molecule has 0 aromatic heterocycles. The molecule has 1 atom stereocenters. The maximum Gasteiger partial charge on any atom is 0.161 e. The number of allylic oxidation sites excluding steroid dienone is 4. The summed E-state index contributed by atoms with van der Waals surface area (Å²) >= 11 is 0. The minimum atomic E-state index is -3.00. The summed E-state index contributed by atoms with van der Waals surface area (Å²) in [6.45, 7) is 23.8. The van der Waals surface area contributed by atoms with Gasteiger partial charge in [0.05, 0.1) is 0 Å². The van der Waals surface area contributed by atoms with Crippen molar-refractivity contribution in [2.24, 2.45) is 0 Å². The van der Waals surface area contributed by atoms with Crippen molar-refractivity contribution in [1.82, 2.24) is 0 Å². The van der Waals surface area contributed by atoms with Crippen LogP contribution in [0.1, 0.15) is 94.5 Å². The Morgan fingerprint density at radius 1 is 0.418 bits per heavy atom. The van der Waals surface area contributed by atoms with Crippen LogP contribution >= 0.6 is 0 Å². The molecule has 0 N–H and O–H groups in total. The number of benzene rings is 6. The Bertz CT molecular complexity index is 2190. The summed E-state index contributed by atoms with van der Waals surface area (Å²) in [4.78, 5) is 0. The van der Waals surface area contributed by atoms with Gasteiger partial charge in [0.15, 0.2) is 8.07 Å². The van der Waals surface area contributed by atoms with E-state index in [0.717, 1.165) is 19.3 Å². The van der Waals surface area contributed by atoms with Crippen LogP contribution in [0.4, 0.5) is 0 Å². The van der Waals surface area contributed by atoms with E-state index in [-0.39, 0.29) is 5.04 Å². The molecule has 0 amide bonds. The highest BCUT2D eigenvalue weighted by molar-refractivity contribution is 7.14. The Hall–Kier alpha value is -4.98. The van der Waals surface area contributed by atoms with E-state index in [1.54, 1.807) is 0 Å². The summed E-state index contributed by atoms with van der Waals surface area (Å²) in [5.74, 6) is 0. The fraction of sp³-hybridized carbons (Fsp3) is 0.259. The van der Waals surface area contributed by atoms with Crippen molar-refractivity contribution >= 4 is 23.6 Å². The molecule has 1 aliphatic carbocycles. The van der Waals surface area contributed by atoms with Gasteiger partial charge in [0.1, 0.15) is 0 Å². The number of hydrogen-bond donors (Lipinski definition) is 0. The highest BCUT2D eigenvalue weighted by Crippen LogP contribution is 2.53. The normalized spacial score (nSPS) is 15.8. The van der Waals surface area contributed by atoms with Gasteiger partial charge in [0.25, 0.3) is 0 Å². The van der Waals surface area contributed by atoms with Gasteiger partial charge >= 0.3 is 0 Å². The minimum absolute atomic E-state index is 0.218. The predicted molar refractivity (Wildman–Crippen MR) is 241 cm³/mol. The van der Waals surface area contributed by atoms with Crippen LogP contribution in [0.2, 0.25) is 5.04 Å². The van der Waals surface area contributed by atoms with Crippen molar-refractivity contribution in [3.05, 3.63) is 217 Å². The maximum absolute atomic E-state index is 3.00. The van der Waals surface area contributed by atoms with E-state index in [4.69, 9.17) is 0 Å². The average Bonchev–Trinajstić information content (AvgIpc) is 3.38. The number of hydrogen-bond acceptors (Lipinski definition) is 0. The van der Waals surface area contributed by atoms with Crippen molar-refractivity contribution in [3.63, 3.8) is 0 Å². The monoisotopic (exact) mass is 734 g/mol. The maximum atomic E-state index is 2.67. The molecule has 1 aliphatic rings. The zero-order valence-electron chi connectivity index (χ0n) is 34.8. The smallest absolute Gasteiger partial charge is 0.0730 e. The molecule has 6 aromatic carbocycles. The molecule has 1 unspecified atom stereocenters. The summed E-state index contributed by atoms with van der Waals surface area (Å²) in [7, 11) is -3.00. The first-order valence-corrected chi connectivity index (χ1v) is 22.1. The molecular formula is C54H58Si. The van der Waals surface area contributed by atoms with E-state index >= 15 is 0 Å². The summed E-state index contributed by atoms with van der Waals surface area (Å²) in [5, 5.41) is 4.30. The first-order valence-electron chi connectivity index (χ1n) is 20.1. The molecule has 0 heterocycles. The highest BCUT2D eigenvalue weighted by atomic mass is 28.3. The van der Waals surface area contributed by atoms with Crippen LogP contribution in [0.15, 0.2) is 150 Å². The standard InChI is InChI=1S/C54H58Si/c1-36-26-51(32-48(41(36)6)29-45-20-14-11-15-21-45)55(54(10)35-39(4)40(5)44(54)9,52-27-37(2)42(7)49(33-52)30-46-22-16-12-17-23-46)53-28-38(3)43(8)50(34-53)31-47-24-18-13-19-25-47/h11-28,32-35H,29-31H2,1-10H3. The Morgan fingerprint density at radius 3 is 1.00 bits per heavy atom. The topological polar surface area (TPSA) is 0 Å². The Kier molecular flexibility index (Phi) is 10.6. The van der Waals surface area contributed by atoms with E-state index in [2.05, 4.69) is 203 Å². The van der Waals surface area contributed by atoms with Gasteiger partial charge in [0.2, 0.25) is 0 Å². The van der Waals surface area contributed by atoms with Gasteiger partial charge in [-0.2, -0.15) is 0 Å². The second kappa shape index (κ2) is 15.3. The van der Waals surface area contributed by atoms with Crippen LogP contribution < -0.4 is 15.6 Å². The summed E-state index contributed by atoms with van der Waals surface area (Å²) in [6, 6.07) is 48.9. The first kappa shape index (κ1) is 38.3. The molecule has 0 spiro atoms. The molecule has 0 saturated heterocycles. The molecule has 0 saturated carbocycles. The van der Waals surface area contributed by atoms with Gasteiger partial charge < -0.3 is 0 Å². The average molecular weight is 735 g/mol. The van der Waals surface area contributed by atoms with Gasteiger partial charge in [0, 0.05) is 5.04 Å². The van der Waals surface area contributed by atoms with Crippen molar-refractivity contribution in [1.29, 1.82) is 0 Å². The third-order valence-electron chi connectivity index (χ3n) is 13.6. The van der Waals surface area contributed by atoms with E-state index in [1.165, 1.54) is 99.0 Å². The lowest BCUT2D eigenvalue weighted by Crippen LogP contribution is -2.73. The molecule has 0 radical (unpaired) electrons. The van der Waals surface area contributed by atoms with Crippen molar-refractivity contribution in [3.8, 4) is 0 Å². The van der Waals surface area contributed by atoms with Crippen molar-refractivity contribution in [2.75, 3.05) is 0 Å². The Morgan fingerprint density at radius 2 is 0.727 bits per heavy atom. The lowest BCUT2D eigenvalue weighted by molar-refractivity contribution is 0.869. The zero-order chi connectivity index (χ0) is 39.1. The van der Waals surface area contributed by atoms with E-state index in [9.17, 15) is 0 Å². The molecule has 55 heavy (non-hydrogen) atoms. The molecule has 7 rings (SSSR count). The zero-order valence-corrected chi connectivity index (χ0v) is 35.8. The highest BCUT2D eigenvalue weighted by Gasteiger charge is 2.56. The van der Waals surface area contributed by atoms with Gasteiger partial charge in [-0.05, 0) is 169 Å². The third kappa shape index (κ3) is 6.93. The third-order valence-corrected chi connectivity index (χ3v) is 19.1. The van der Waals surface area contributed by atoms with E-state index in [1.807, 2.05) is 0 Å². The quantitative estimate of drug-likeness (QED) is 0.0971. The number of rotatable bonds is 10. The number of aryl methyl sites for hydroxylation is 3. The summed E-state index contributed by atoms with van der Waals surface area (Å²) in [5.41, 5.74) is 21.1. The predicted octanol–water partition coefficient (Wildman–Crippen LogP) is 11.8. The lowest BCUT2D eigenvalue weighted by atomic mass is 9.97. The lowest BCUT2D eigenvalue weighted by Gasteiger charge is -2.48. The van der Waals surface area contributed by atoms with Gasteiger partial charge in [-0.25, -0.2) is 0 Å². The molecule has 0 bridgehead atoms. The summed E-state index contributed by atoms with van der Waals surface area (Å²) < 4.78 is 0. The van der Waals surface area contributed by atoms with Gasteiger partial charge in [-0.3, -0.25) is 0 Å². The SMILES string of the molecule is CC1=CC(C)([Si](c2cc(C)c(C)c(Cc3ccccc3)c2)(c2cc(C)c(C)c(Cc3ccccc3)c2)c2cc(C)c(C)c(Cc3ccccc3)c2)C(C)=C1C. The van der Waals surface area contributed by atoms with Crippen molar-refractivity contribution < 1.29 is 0 Å². The van der Waals surface area contributed by atoms with Crippen LogP contribution in [0.5, 0.6) is 0 Å². The largest absolute Gasteiger partial charge is 0.161 e. The minimum Gasteiger partial charge on any atom is -0.0730 e. The van der Waals surface area contributed by atoms with Crippen LogP contribution in [0.25, 0.3) is 0 Å². The molecule has 0 nitrogen and oxygen atoms in total. The molecule has 6 aromatic rings. The van der Waals surface area contributed by atoms with Gasteiger partial charge in [-0.1, -0.05) is 152 Å². The van der Waals surface area contributed by atoms with E-state index < -0.39 is 8.07 Å². The van der Waals surface area contributed by atoms with Crippen LogP contribution in [-0.2, 0) is 19.3 Å². The van der Waals surface area contributed by atoms with E-state index in [0.29, 0.717) is 0 Å². The molecule has 0 fully saturated rings. The molecule has 278 valence electrons. The van der Waals surface area contributed by atoms with Crippen LogP contribution in [-0.4, -0.2) is 8.07 Å². The Balaban J connectivity index is 1.63.